The summed E-state index contributed by atoms with van der Waals surface area (Å²) in [6.07, 6.45) is 3.47. The van der Waals surface area contributed by atoms with Crippen molar-refractivity contribution in [2.24, 2.45) is 0 Å². The van der Waals surface area contributed by atoms with Crippen LogP contribution in [0.5, 0.6) is 0 Å². The highest BCUT2D eigenvalue weighted by Crippen LogP contribution is 2.16. The monoisotopic (exact) mass is 173 g/mol. The molecule has 1 N–H and O–H groups in total. The predicted molar refractivity (Wildman–Crippen MR) is 48.2 cm³/mol. The predicted octanol–water partition coefficient (Wildman–Crippen LogP) is 0.480. The zero-order chi connectivity index (χ0) is 8.81. The van der Waals surface area contributed by atoms with E-state index in [0.717, 1.165) is 32.5 Å². The van der Waals surface area contributed by atoms with Crippen LogP contribution in [0.25, 0.3) is 0 Å². The molecule has 1 unspecified atom stereocenters. The van der Waals surface area contributed by atoms with E-state index >= 15 is 0 Å². The molecule has 1 fully saturated rings. The number of aliphatic hydroxyl groups is 1. The van der Waals surface area contributed by atoms with Crippen LogP contribution in [0.2, 0.25) is 0 Å². The molecule has 1 aliphatic rings. The second-order valence-electron chi connectivity index (χ2n) is 3.36. The fourth-order valence-corrected chi connectivity index (χ4v) is 1.81. The highest BCUT2D eigenvalue weighted by Gasteiger charge is 2.22. The second kappa shape index (κ2) is 5.51. The molecule has 1 rings (SSSR count). The number of ether oxygens (including phenoxy) is 1. The van der Waals surface area contributed by atoms with Crippen molar-refractivity contribution < 1.29 is 9.84 Å². The van der Waals surface area contributed by atoms with Crippen molar-refractivity contribution in [2.45, 2.75) is 25.3 Å². The van der Waals surface area contributed by atoms with Gasteiger partial charge in [-0.25, -0.2) is 0 Å². The maximum Gasteiger partial charge on any atom is 0.0586 e. The molecule has 0 bridgehead atoms. The molecule has 0 spiro atoms. The van der Waals surface area contributed by atoms with E-state index in [0.29, 0.717) is 12.6 Å². The van der Waals surface area contributed by atoms with Crippen LogP contribution in [0.3, 0.4) is 0 Å². The first-order chi connectivity index (χ1) is 5.88. The van der Waals surface area contributed by atoms with Crippen molar-refractivity contribution in [1.29, 1.82) is 0 Å². The first kappa shape index (κ1) is 9.96. The van der Waals surface area contributed by atoms with Gasteiger partial charge in [0.1, 0.15) is 0 Å². The molecular weight excluding hydrogens is 154 g/mol. The van der Waals surface area contributed by atoms with Crippen LogP contribution in [-0.2, 0) is 4.74 Å². The molecule has 0 amide bonds. The van der Waals surface area contributed by atoms with Gasteiger partial charge in [-0.05, 0) is 25.8 Å². The minimum atomic E-state index is 0.312. The highest BCUT2D eigenvalue weighted by atomic mass is 16.5. The molecule has 72 valence electrons. The first-order valence-electron chi connectivity index (χ1n) is 4.72. The van der Waals surface area contributed by atoms with E-state index in [1.165, 1.54) is 6.42 Å². The van der Waals surface area contributed by atoms with E-state index in [9.17, 15) is 0 Å². The lowest BCUT2D eigenvalue weighted by molar-refractivity contribution is 0.136. The van der Waals surface area contributed by atoms with Gasteiger partial charge in [-0.3, -0.25) is 4.90 Å². The van der Waals surface area contributed by atoms with Crippen LogP contribution >= 0.6 is 0 Å². The summed E-state index contributed by atoms with van der Waals surface area (Å²) in [5.41, 5.74) is 0. The molecule has 0 aromatic heterocycles. The number of aliphatic hydroxyl groups excluding tert-OH is 1. The lowest BCUT2D eigenvalue weighted by Crippen LogP contribution is -2.33. The Morgan fingerprint density at radius 1 is 1.58 bits per heavy atom. The molecule has 0 aromatic rings. The first-order valence-corrected chi connectivity index (χ1v) is 4.72. The molecule has 0 aromatic carbocycles. The van der Waals surface area contributed by atoms with Crippen molar-refractivity contribution in [3.63, 3.8) is 0 Å². The van der Waals surface area contributed by atoms with Crippen LogP contribution in [0.4, 0.5) is 0 Å². The Hall–Kier alpha value is -0.120. The number of rotatable bonds is 5. The molecular formula is C9H19NO2. The van der Waals surface area contributed by atoms with Gasteiger partial charge in [0.25, 0.3) is 0 Å². The SMILES string of the molecule is COCCCN1CCCC1CO. The number of likely N-dealkylation sites (tertiary alicyclic amines) is 1. The number of methoxy groups -OCH3 is 1. The van der Waals surface area contributed by atoms with Crippen molar-refractivity contribution in [3.05, 3.63) is 0 Å². The molecule has 0 radical (unpaired) electrons. The Morgan fingerprint density at radius 3 is 3.08 bits per heavy atom. The quantitative estimate of drug-likeness (QED) is 0.614. The van der Waals surface area contributed by atoms with Crippen molar-refractivity contribution in [2.75, 3.05) is 33.4 Å². The van der Waals surface area contributed by atoms with Gasteiger partial charge in [0, 0.05) is 26.3 Å². The number of nitrogens with zero attached hydrogens (tertiary/aromatic N) is 1. The van der Waals surface area contributed by atoms with Crippen molar-refractivity contribution >= 4 is 0 Å². The maximum atomic E-state index is 9.02. The average Bonchev–Trinajstić information content (AvgIpc) is 2.52. The van der Waals surface area contributed by atoms with E-state index < -0.39 is 0 Å². The second-order valence-corrected chi connectivity index (χ2v) is 3.36. The summed E-state index contributed by atoms with van der Waals surface area (Å²) in [5.74, 6) is 0. The zero-order valence-electron chi connectivity index (χ0n) is 7.83. The van der Waals surface area contributed by atoms with Crippen molar-refractivity contribution in [1.82, 2.24) is 4.90 Å². The van der Waals surface area contributed by atoms with Gasteiger partial charge in [-0.2, -0.15) is 0 Å². The number of hydrogen-bond acceptors (Lipinski definition) is 3. The van der Waals surface area contributed by atoms with Gasteiger partial charge in [0.2, 0.25) is 0 Å². The standard InChI is InChI=1S/C9H19NO2/c1-12-7-3-6-10-5-2-4-9(10)8-11/h9,11H,2-8H2,1H3. The van der Waals surface area contributed by atoms with Gasteiger partial charge in [-0.1, -0.05) is 0 Å². The minimum absolute atomic E-state index is 0.312. The third kappa shape index (κ3) is 2.73. The Bertz CT molecular complexity index is 119. The smallest absolute Gasteiger partial charge is 0.0586 e. The van der Waals surface area contributed by atoms with Crippen LogP contribution in [-0.4, -0.2) is 49.5 Å². The molecule has 0 saturated carbocycles. The van der Waals surface area contributed by atoms with E-state index in [4.69, 9.17) is 9.84 Å². The molecule has 0 aliphatic carbocycles. The summed E-state index contributed by atoms with van der Waals surface area (Å²) in [7, 11) is 1.73. The van der Waals surface area contributed by atoms with Gasteiger partial charge in [-0.15, -0.1) is 0 Å². The molecule has 12 heavy (non-hydrogen) atoms. The molecule has 3 heteroatoms. The Balaban J connectivity index is 2.12. The molecule has 1 aliphatic heterocycles. The molecule has 1 heterocycles. The van der Waals surface area contributed by atoms with E-state index in [1.807, 2.05) is 0 Å². The zero-order valence-corrected chi connectivity index (χ0v) is 7.83. The fraction of sp³-hybridized carbons (Fsp3) is 1.00. The lowest BCUT2D eigenvalue weighted by Gasteiger charge is -2.22. The number of hydrogen-bond donors (Lipinski definition) is 1. The van der Waals surface area contributed by atoms with Crippen molar-refractivity contribution in [3.8, 4) is 0 Å². The van der Waals surface area contributed by atoms with Crippen LogP contribution in [0, 0.1) is 0 Å². The van der Waals surface area contributed by atoms with E-state index in [-0.39, 0.29) is 0 Å². The summed E-state index contributed by atoms with van der Waals surface area (Å²) >= 11 is 0. The Morgan fingerprint density at radius 2 is 2.42 bits per heavy atom. The fourth-order valence-electron chi connectivity index (χ4n) is 1.81. The van der Waals surface area contributed by atoms with Crippen LogP contribution in [0.1, 0.15) is 19.3 Å². The highest BCUT2D eigenvalue weighted by molar-refractivity contribution is 4.77. The summed E-state index contributed by atoms with van der Waals surface area (Å²) in [5, 5.41) is 9.02. The summed E-state index contributed by atoms with van der Waals surface area (Å²) in [6, 6.07) is 0.418. The van der Waals surface area contributed by atoms with Gasteiger partial charge >= 0.3 is 0 Å². The summed E-state index contributed by atoms with van der Waals surface area (Å²) in [6.45, 7) is 3.36. The minimum Gasteiger partial charge on any atom is -0.395 e. The Labute approximate surface area is 74.3 Å². The van der Waals surface area contributed by atoms with Crippen LogP contribution in [0.15, 0.2) is 0 Å². The van der Waals surface area contributed by atoms with Crippen LogP contribution < -0.4 is 0 Å². The molecule has 3 nitrogen and oxygen atoms in total. The van der Waals surface area contributed by atoms with Gasteiger partial charge in [0.15, 0.2) is 0 Å². The molecule has 1 atom stereocenters. The lowest BCUT2D eigenvalue weighted by atomic mass is 10.2. The van der Waals surface area contributed by atoms with Gasteiger partial charge in [0.05, 0.1) is 6.61 Å². The topological polar surface area (TPSA) is 32.7 Å². The summed E-state index contributed by atoms with van der Waals surface area (Å²) in [4.78, 5) is 2.36. The third-order valence-electron chi connectivity index (χ3n) is 2.50. The van der Waals surface area contributed by atoms with E-state index in [1.54, 1.807) is 7.11 Å². The molecule has 1 saturated heterocycles. The largest absolute Gasteiger partial charge is 0.395 e. The average molecular weight is 173 g/mol. The Kier molecular flexibility index (Phi) is 4.58. The van der Waals surface area contributed by atoms with E-state index in [2.05, 4.69) is 4.90 Å². The normalized spacial score (nSPS) is 25.0. The summed E-state index contributed by atoms with van der Waals surface area (Å²) < 4.78 is 4.98. The van der Waals surface area contributed by atoms with Gasteiger partial charge < -0.3 is 9.84 Å². The maximum absolute atomic E-state index is 9.02. The third-order valence-corrected chi connectivity index (χ3v) is 2.50.